The third kappa shape index (κ3) is 3.42. The van der Waals surface area contributed by atoms with Gasteiger partial charge in [0, 0.05) is 18.7 Å². The summed E-state index contributed by atoms with van der Waals surface area (Å²) in [7, 11) is 0. The predicted octanol–water partition coefficient (Wildman–Crippen LogP) is 3.29. The molecule has 1 N–H and O–H groups in total. The Morgan fingerprint density at radius 2 is 1.61 bits per heavy atom. The van der Waals surface area contributed by atoms with Crippen molar-refractivity contribution in [1.29, 1.82) is 0 Å². The van der Waals surface area contributed by atoms with Gasteiger partial charge in [-0.1, -0.05) is 42.5 Å². The highest BCUT2D eigenvalue weighted by Gasteiger charge is 2.28. The van der Waals surface area contributed by atoms with Crippen LogP contribution in [-0.4, -0.2) is 35.0 Å². The molecule has 4 heteroatoms. The number of aliphatic carboxylic acids is 1. The lowest BCUT2D eigenvalue weighted by molar-refractivity contribution is -0.143. The average molecular weight is 309 g/mol. The molecule has 4 nitrogen and oxygen atoms in total. The Hall–Kier alpha value is -2.62. The third-order valence-corrected chi connectivity index (χ3v) is 4.30. The second-order valence-electron chi connectivity index (χ2n) is 5.87. The molecule has 0 radical (unpaired) electrons. The first-order valence-corrected chi connectivity index (χ1v) is 7.83. The van der Waals surface area contributed by atoms with Gasteiger partial charge < -0.3 is 10.0 Å². The van der Waals surface area contributed by atoms with Crippen LogP contribution in [0.25, 0.3) is 11.1 Å². The molecule has 1 fully saturated rings. The maximum atomic E-state index is 12.5. The number of piperidine rings is 1. The van der Waals surface area contributed by atoms with E-state index in [9.17, 15) is 9.59 Å². The first-order chi connectivity index (χ1) is 11.1. The first-order valence-electron chi connectivity index (χ1n) is 7.83. The minimum absolute atomic E-state index is 0.0874. The molecule has 0 aromatic heterocycles. The van der Waals surface area contributed by atoms with E-state index in [2.05, 4.69) is 0 Å². The largest absolute Gasteiger partial charge is 0.481 e. The quantitative estimate of drug-likeness (QED) is 0.946. The highest BCUT2D eigenvalue weighted by atomic mass is 16.4. The third-order valence-electron chi connectivity index (χ3n) is 4.30. The van der Waals surface area contributed by atoms with Gasteiger partial charge in [-0.2, -0.15) is 0 Å². The number of benzene rings is 2. The Morgan fingerprint density at radius 3 is 2.26 bits per heavy atom. The van der Waals surface area contributed by atoms with Gasteiger partial charge in [0.2, 0.25) is 0 Å². The second-order valence-corrected chi connectivity index (χ2v) is 5.87. The van der Waals surface area contributed by atoms with Gasteiger partial charge in [0.15, 0.2) is 0 Å². The summed E-state index contributed by atoms with van der Waals surface area (Å²) in [5.74, 6) is -1.35. The number of rotatable bonds is 3. The molecule has 1 aliphatic heterocycles. The zero-order chi connectivity index (χ0) is 16.2. The molecule has 118 valence electrons. The Kier molecular flexibility index (Phi) is 4.42. The van der Waals surface area contributed by atoms with Gasteiger partial charge in [-0.15, -0.1) is 0 Å². The number of carbonyl (C=O) groups excluding carboxylic acids is 1. The van der Waals surface area contributed by atoms with Gasteiger partial charge in [0.05, 0.1) is 5.92 Å². The summed E-state index contributed by atoms with van der Waals surface area (Å²) in [4.78, 5) is 25.3. The summed E-state index contributed by atoms with van der Waals surface area (Å²) in [5, 5.41) is 9.13. The monoisotopic (exact) mass is 309 g/mol. The fourth-order valence-corrected chi connectivity index (χ4v) is 2.98. The number of nitrogens with zero attached hydrogens (tertiary/aromatic N) is 1. The molecule has 0 aliphatic carbocycles. The number of amides is 1. The number of likely N-dealkylation sites (tertiary alicyclic amines) is 1. The topological polar surface area (TPSA) is 57.6 Å². The molecule has 0 saturated carbocycles. The second kappa shape index (κ2) is 6.65. The van der Waals surface area contributed by atoms with E-state index in [-0.39, 0.29) is 5.91 Å². The van der Waals surface area contributed by atoms with Gasteiger partial charge in [0.1, 0.15) is 0 Å². The van der Waals surface area contributed by atoms with Crippen LogP contribution in [0.1, 0.15) is 23.2 Å². The smallest absolute Gasteiger partial charge is 0.308 e. The van der Waals surface area contributed by atoms with Crippen molar-refractivity contribution in [2.24, 2.45) is 5.92 Å². The molecule has 0 spiro atoms. The summed E-state index contributed by atoms with van der Waals surface area (Å²) in [5.41, 5.74) is 2.77. The van der Waals surface area contributed by atoms with Crippen molar-refractivity contribution in [3.05, 3.63) is 60.2 Å². The normalized spacial score (nSPS) is 17.7. The van der Waals surface area contributed by atoms with E-state index in [0.717, 1.165) is 17.5 Å². The lowest BCUT2D eigenvalue weighted by Crippen LogP contribution is -2.42. The van der Waals surface area contributed by atoms with Crippen LogP contribution in [0.4, 0.5) is 0 Å². The molecule has 23 heavy (non-hydrogen) atoms. The summed E-state index contributed by atoms with van der Waals surface area (Å²) < 4.78 is 0. The highest BCUT2D eigenvalue weighted by molar-refractivity contribution is 5.95. The maximum absolute atomic E-state index is 12.5. The van der Waals surface area contributed by atoms with E-state index in [1.54, 1.807) is 4.90 Å². The summed E-state index contributed by atoms with van der Waals surface area (Å²) in [6.45, 7) is 0.928. The molecule has 1 heterocycles. The zero-order valence-electron chi connectivity index (χ0n) is 12.8. The van der Waals surface area contributed by atoms with Gasteiger partial charge in [-0.25, -0.2) is 0 Å². The zero-order valence-corrected chi connectivity index (χ0v) is 12.8. The molecule has 1 saturated heterocycles. The standard InChI is InChI=1S/C19H19NO3/c21-18(20-12-4-7-17(13-20)19(22)23)16-10-8-15(9-11-16)14-5-2-1-3-6-14/h1-3,5-6,8-11,17H,4,7,12-13H2,(H,22,23)/t17-/m1/s1. The molecule has 1 amide bonds. The summed E-state index contributed by atoms with van der Waals surface area (Å²) in [6.07, 6.45) is 1.39. The highest BCUT2D eigenvalue weighted by Crippen LogP contribution is 2.22. The number of carboxylic acids is 1. The maximum Gasteiger partial charge on any atom is 0.308 e. The number of carbonyl (C=O) groups is 2. The van der Waals surface area contributed by atoms with E-state index in [0.29, 0.717) is 25.1 Å². The SMILES string of the molecule is O=C(O)[C@@H]1CCCN(C(=O)c2ccc(-c3ccccc3)cc2)C1. The lowest BCUT2D eigenvalue weighted by Gasteiger charge is -2.30. The van der Waals surface area contributed by atoms with Crippen molar-refractivity contribution in [3.8, 4) is 11.1 Å². The fraction of sp³-hybridized carbons (Fsp3) is 0.263. The van der Waals surface area contributed by atoms with Crippen LogP contribution in [0.2, 0.25) is 0 Å². The first kappa shape index (κ1) is 15.3. The Morgan fingerprint density at radius 1 is 0.957 bits per heavy atom. The Balaban J connectivity index is 1.74. The van der Waals surface area contributed by atoms with Crippen LogP contribution in [-0.2, 0) is 4.79 Å². The van der Waals surface area contributed by atoms with Crippen LogP contribution < -0.4 is 0 Å². The van der Waals surface area contributed by atoms with E-state index in [4.69, 9.17) is 5.11 Å². The van der Waals surface area contributed by atoms with Crippen LogP contribution in [0.3, 0.4) is 0 Å². The van der Waals surface area contributed by atoms with Crippen molar-refractivity contribution in [3.63, 3.8) is 0 Å². The number of hydrogen-bond acceptors (Lipinski definition) is 2. The van der Waals surface area contributed by atoms with Gasteiger partial charge in [-0.05, 0) is 36.1 Å². The average Bonchev–Trinajstić information content (AvgIpc) is 2.62. The van der Waals surface area contributed by atoms with Crippen molar-refractivity contribution >= 4 is 11.9 Å². The fourth-order valence-electron chi connectivity index (χ4n) is 2.98. The van der Waals surface area contributed by atoms with Gasteiger partial charge >= 0.3 is 5.97 Å². The predicted molar refractivity (Wildman–Crippen MR) is 88.1 cm³/mol. The van der Waals surface area contributed by atoms with Crippen molar-refractivity contribution < 1.29 is 14.7 Å². The van der Waals surface area contributed by atoms with Crippen molar-refractivity contribution in [2.45, 2.75) is 12.8 Å². The van der Waals surface area contributed by atoms with Crippen molar-refractivity contribution in [2.75, 3.05) is 13.1 Å². The van der Waals surface area contributed by atoms with Crippen LogP contribution in [0.15, 0.2) is 54.6 Å². The Bertz CT molecular complexity index is 694. The number of carboxylic acid groups (broad SMARTS) is 1. The summed E-state index contributed by atoms with van der Waals surface area (Å²) >= 11 is 0. The van der Waals surface area contributed by atoms with Crippen LogP contribution >= 0.6 is 0 Å². The number of hydrogen-bond donors (Lipinski definition) is 1. The van der Waals surface area contributed by atoms with E-state index >= 15 is 0 Å². The summed E-state index contributed by atoms with van der Waals surface area (Å²) in [6, 6.07) is 17.5. The molecule has 0 unspecified atom stereocenters. The van der Waals surface area contributed by atoms with Crippen LogP contribution in [0.5, 0.6) is 0 Å². The van der Waals surface area contributed by atoms with Gasteiger partial charge in [-0.3, -0.25) is 9.59 Å². The minimum atomic E-state index is -0.818. The van der Waals surface area contributed by atoms with Crippen LogP contribution in [0, 0.1) is 5.92 Å². The van der Waals surface area contributed by atoms with E-state index in [1.165, 1.54) is 0 Å². The molecular weight excluding hydrogens is 290 g/mol. The molecule has 2 aromatic carbocycles. The minimum Gasteiger partial charge on any atom is -0.481 e. The molecule has 1 aliphatic rings. The molecule has 0 bridgehead atoms. The molecule has 1 atom stereocenters. The molecule has 3 rings (SSSR count). The van der Waals surface area contributed by atoms with E-state index < -0.39 is 11.9 Å². The Labute approximate surface area is 135 Å². The van der Waals surface area contributed by atoms with E-state index in [1.807, 2.05) is 54.6 Å². The van der Waals surface area contributed by atoms with Crippen molar-refractivity contribution in [1.82, 2.24) is 4.90 Å². The molecule has 2 aromatic rings. The molecular formula is C19H19NO3. The lowest BCUT2D eigenvalue weighted by atomic mass is 9.97. The van der Waals surface area contributed by atoms with Gasteiger partial charge in [0.25, 0.3) is 5.91 Å².